The van der Waals surface area contributed by atoms with E-state index in [9.17, 15) is 0 Å². The van der Waals surface area contributed by atoms with Crippen molar-refractivity contribution in [3.63, 3.8) is 0 Å². The first-order valence-corrected chi connectivity index (χ1v) is 18.5. The van der Waals surface area contributed by atoms with Crippen LogP contribution in [-0.4, -0.2) is 0 Å². The van der Waals surface area contributed by atoms with E-state index in [-0.39, 0.29) is 0 Å². The van der Waals surface area contributed by atoms with Crippen LogP contribution in [0.3, 0.4) is 0 Å². The van der Waals surface area contributed by atoms with Gasteiger partial charge in [-0.1, -0.05) is 133 Å². The maximum absolute atomic E-state index is 2.36. The first kappa shape index (κ1) is 31.6. The second-order valence-corrected chi connectivity index (χ2v) is 13.8. The second-order valence-electron chi connectivity index (χ2n) is 13.8. The van der Waals surface area contributed by atoms with Crippen molar-refractivity contribution in [2.75, 3.05) is 9.80 Å². The molecule has 0 aliphatic heterocycles. The molecular formula is C52H36N2. The van der Waals surface area contributed by atoms with Crippen LogP contribution in [-0.2, 0) is 0 Å². The van der Waals surface area contributed by atoms with E-state index in [0.717, 1.165) is 34.1 Å². The molecule has 2 nitrogen and oxygen atoms in total. The molecule has 0 heterocycles. The highest BCUT2D eigenvalue weighted by Gasteiger charge is 2.18. The van der Waals surface area contributed by atoms with E-state index in [1.54, 1.807) is 0 Å². The number of nitrogens with zero attached hydrogens (tertiary/aromatic N) is 2. The lowest BCUT2D eigenvalue weighted by atomic mass is 9.93. The zero-order valence-corrected chi connectivity index (χ0v) is 29.7. The number of rotatable bonds is 7. The lowest BCUT2D eigenvalue weighted by Gasteiger charge is -2.29. The molecule has 10 rings (SSSR count). The van der Waals surface area contributed by atoms with E-state index in [4.69, 9.17) is 0 Å². The summed E-state index contributed by atoms with van der Waals surface area (Å²) in [5.74, 6) is 0. The third-order valence-electron chi connectivity index (χ3n) is 10.5. The number of anilines is 6. The van der Waals surface area contributed by atoms with Crippen LogP contribution in [0.5, 0.6) is 0 Å². The molecule has 0 aliphatic carbocycles. The molecule has 10 aromatic rings. The molecular weight excluding hydrogens is 653 g/mol. The summed E-state index contributed by atoms with van der Waals surface area (Å²) in [4.78, 5) is 4.70. The summed E-state index contributed by atoms with van der Waals surface area (Å²) < 4.78 is 0. The standard InChI is InChI=1S/C52H36N2/c1-3-18-43(19-4-1)53(47-28-26-41-33-39-14-7-8-15-40(39)34-42(41)35-47)45-29-31-46(32-30-45)54(44-20-5-2-6-21-44)48-27-25-38-17-12-24-51(52(38)36-48)50-23-11-16-37-13-9-10-22-49(37)50/h1-36H. The van der Waals surface area contributed by atoms with Gasteiger partial charge in [0.15, 0.2) is 0 Å². The maximum Gasteiger partial charge on any atom is 0.0468 e. The molecule has 10 aromatic carbocycles. The van der Waals surface area contributed by atoms with Gasteiger partial charge in [-0.3, -0.25) is 0 Å². The van der Waals surface area contributed by atoms with Crippen LogP contribution in [0.15, 0.2) is 218 Å². The van der Waals surface area contributed by atoms with E-state index in [2.05, 4.69) is 228 Å². The molecule has 0 atom stereocenters. The summed E-state index contributed by atoms with van der Waals surface area (Å²) in [5.41, 5.74) is 9.10. The minimum Gasteiger partial charge on any atom is -0.310 e. The van der Waals surface area contributed by atoms with E-state index >= 15 is 0 Å². The predicted octanol–water partition coefficient (Wildman–Crippen LogP) is 14.9. The number of hydrogen-bond acceptors (Lipinski definition) is 2. The van der Waals surface area contributed by atoms with E-state index in [1.165, 1.54) is 54.2 Å². The van der Waals surface area contributed by atoms with Crippen molar-refractivity contribution < 1.29 is 0 Å². The highest BCUT2D eigenvalue weighted by molar-refractivity contribution is 6.07. The fraction of sp³-hybridized carbons (Fsp3) is 0. The highest BCUT2D eigenvalue weighted by Crippen LogP contribution is 2.42. The molecule has 0 spiro atoms. The first-order valence-electron chi connectivity index (χ1n) is 18.5. The lowest BCUT2D eigenvalue weighted by molar-refractivity contribution is 1.26. The summed E-state index contributed by atoms with van der Waals surface area (Å²) in [6.45, 7) is 0. The number of para-hydroxylation sites is 2. The molecule has 0 saturated heterocycles. The highest BCUT2D eigenvalue weighted by atomic mass is 15.2. The van der Waals surface area contributed by atoms with E-state index in [0.29, 0.717) is 0 Å². The van der Waals surface area contributed by atoms with Gasteiger partial charge >= 0.3 is 0 Å². The Morgan fingerprint density at radius 2 is 0.593 bits per heavy atom. The number of hydrogen-bond donors (Lipinski definition) is 0. The van der Waals surface area contributed by atoms with Crippen molar-refractivity contribution in [2.45, 2.75) is 0 Å². The topological polar surface area (TPSA) is 6.48 Å². The monoisotopic (exact) mass is 688 g/mol. The average molecular weight is 689 g/mol. The van der Waals surface area contributed by atoms with Crippen LogP contribution in [0.4, 0.5) is 34.1 Å². The minimum absolute atomic E-state index is 1.09. The van der Waals surface area contributed by atoms with Crippen LogP contribution < -0.4 is 9.80 Å². The van der Waals surface area contributed by atoms with Crippen molar-refractivity contribution in [3.05, 3.63) is 218 Å². The van der Waals surface area contributed by atoms with Gasteiger partial charge in [-0.15, -0.1) is 0 Å². The summed E-state index contributed by atoms with van der Waals surface area (Å²) in [5, 5.41) is 9.91. The van der Waals surface area contributed by atoms with Crippen LogP contribution in [0.25, 0.3) is 54.2 Å². The molecule has 0 radical (unpaired) electrons. The Hall–Kier alpha value is -7.16. The molecule has 0 aromatic heterocycles. The molecule has 0 bridgehead atoms. The largest absolute Gasteiger partial charge is 0.310 e. The van der Waals surface area contributed by atoms with Crippen LogP contribution in [0.1, 0.15) is 0 Å². The molecule has 0 amide bonds. The van der Waals surface area contributed by atoms with Crippen molar-refractivity contribution in [3.8, 4) is 11.1 Å². The smallest absolute Gasteiger partial charge is 0.0468 e. The van der Waals surface area contributed by atoms with E-state index in [1.807, 2.05) is 0 Å². The van der Waals surface area contributed by atoms with Gasteiger partial charge in [0.2, 0.25) is 0 Å². The van der Waals surface area contributed by atoms with Crippen molar-refractivity contribution in [1.29, 1.82) is 0 Å². The molecule has 0 aliphatic rings. The third kappa shape index (κ3) is 5.71. The van der Waals surface area contributed by atoms with Gasteiger partial charge in [-0.2, -0.15) is 0 Å². The Balaban J connectivity index is 1.09. The fourth-order valence-electron chi connectivity index (χ4n) is 7.96. The van der Waals surface area contributed by atoms with Crippen molar-refractivity contribution in [2.24, 2.45) is 0 Å². The van der Waals surface area contributed by atoms with E-state index < -0.39 is 0 Å². The Morgan fingerprint density at radius 1 is 0.204 bits per heavy atom. The molecule has 254 valence electrons. The molecule has 0 fully saturated rings. The zero-order valence-electron chi connectivity index (χ0n) is 29.7. The quantitative estimate of drug-likeness (QED) is 0.154. The summed E-state index contributed by atoms with van der Waals surface area (Å²) >= 11 is 0. The zero-order chi connectivity index (χ0) is 35.8. The first-order chi connectivity index (χ1) is 26.8. The lowest BCUT2D eigenvalue weighted by Crippen LogP contribution is -2.12. The fourth-order valence-corrected chi connectivity index (χ4v) is 7.96. The van der Waals surface area contributed by atoms with Gasteiger partial charge in [0.1, 0.15) is 0 Å². The number of fused-ring (bicyclic) bond motifs is 4. The Labute approximate surface area is 315 Å². The van der Waals surface area contributed by atoms with Gasteiger partial charge in [-0.05, 0) is 139 Å². The Morgan fingerprint density at radius 3 is 1.20 bits per heavy atom. The SMILES string of the molecule is c1ccc(N(c2ccc(N(c3ccccc3)c3ccc4cccc(-c5cccc6ccccc56)c4c3)cc2)c2ccc3cc4ccccc4cc3c2)cc1. The average Bonchev–Trinajstić information content (AvgIpc) is 3.24. The van der Waals surface area contributed by atoms with Gasteiger partial charge in [0.25, 0.3) is 0 Å². The van der Waals surface area contributed by atoms with Crippen molar-refractivity contribution >= 4 is 77.2 Å². The Kier molecular flexibility index (Phi) is 7.85. The van der Waals surface area contributed by atoms with Crippen LogP contribution >= 0.6 is 0 Å². The molecule has 0 unspecified atom stereocenters. The maximum atomic E-state index is 2.36. The summed E-state index contributed by atoms with van der Waals surface area (Å²) in [7, 11) is 0. The second kappa shape index (κ2) is 13.4. The van der Waals surface area contributed by atoms with Crippen LogP contribution in [0.2, 0.25) is 0 Å². The number of benzene rings is 10. The predicted molar refractivity (Wildman–Crippen MR) is 231 cm³/mol. The molecule has 0 N–H and O–H groups in total. The normalized spacial score (nSPS) is 11.3. The Bertz CT molecular complexity index is 2930. The van der Waals surface area contributed by atoms with Crippen molar-refractivity contribution in [1.82, 2.24) is 0 Å². The molecule has 0 saturated carbocycles. The van der Waals surface area contributed by atoms with Gasteiger partial charge in [-0.25, -0.2) is 0 Å². The van der Waals surface area contributed by atoms with Gasteiger partial charge in [0, 0.05) is 34.1 Å². The molecule has 54 heavy (non-hydrogen) atoms. The van der Waals surface area contributed by atoms with Gasteiger partial charge in [0.05, 0.1) is 0 Å². The third-order valence-corrected chi connectivity index (χ3v) is 10.5. The summed E-state index contributed by atoms with van der Waals surface area (Å²) in [6, 6.07) is 79.0. The van der Waals surface area contributed by atoms with Crippen LogP contribution in [0, 0.1) is 0 Å². The molecule has 2 heteroatoms. The minimum atomic E-state index is 1.09. The van der Waals surface area contributed by atoms with Gasteiger partial charge < -0.3 is 9.80 Å². The summed E-state index contributed by atoms with van der Waals surface area (Å²) in [6.07, 6.45) is 0.